The van der Waals surface area contributed by atoms with Crippen LogP contribution in [0.1, 0.15) is 26.7 Å². The standard InChI is InChI=1S/C10H18O4/c1-7(2)10(13)14-9(12)6-8(3)4-5-11/h8-9,11-12H,1,4-6H2,2-3H3. The van der Waals surface area contributed by atoms with Crippen LogP contribution in [0.3, 0.4) is 0 Å². The molecule has 14 heavy (non-hydrogen) atoms. The molecule has 0 aliphatic carbocycles. The Morgan fingerprint density at radius 3 is 2.57 bits per heavy atom. The van der Waals surface area contributed by atoms with E-state index in [1.165, 1.54) is 6.92 Å². The molecule has 2 N–H and O–H groups in total. The summed E-state index contributed by atoms with van der Waals surface area (Å²) in [5, 5.41) is 17.9. The zero-order chi connectivity index (χ0) is 11.1. The van der Waals surface area contributed by atoms with E-state index in [0.717, 1.165) is 0 Å². The third-order valence-corrected chi connectivity index (χ3v) is 1.82. The Kier molecular flexibility index (Phi) is 6.16. The second-order valence-electron chi connectivity index (χ2n) is 3.49. The number of aliphatic hydroxyl groups excluding tert-OH is 2. The van der Waals surface area contributed by atoms with Gasteiger partial charge in [-0.15, -0.1) is 0 Å². The van der Waals surface area contributed by atoms with Crippen LogP contribution in [0.15, 0.2) is 12.2 Å². The minimum absolute atomic E-state index is 0.0717. The van der Waals surface area contributed by atoms with Gasteiger partial charge < -0.3 is 14.9 Å². The predicted molar refractivity (Wildman–Crippen MR) is 52.4 cm³/mol. The Morgan fingerprint density at radius 2 is 2.14 bits per heavy atom. The number of carbonyl (C=O) groups is 1. The van der Waals surface area contributed by atoms with Gasteiger partial charge in [-0.1, -0.05) is 13.5 Å². The Morgan fingerprint density at radius 1 is 1.57 bits per heavy atom. The molecule has 0 spiro atoms. The summed E-state index contributed by atoms with van der Waals surface area (Å²) in [5.74, 6) is -0.471. The second kappa shape index (κ2) is 6.56. The average Bonchev–Trinajstić information content (AvgIpc) is 2.03. The van der Waals surface area contributed by atoms with Gasteiger partial charge in [0.2, 0.25) is 6.29 Å². The lowest BCUT2D eigenvalue weighted by Gasteiger charge is -2.15. The zero-order valence-corrected chi connectivity index (χ0v) is 8.69. The molecule has 0 aromatic rings. The quantitative estimate of drug-likeness (QED) is 0.380. The number of rotatable bonds is 6. The Hall–Kier alpha value is -0.870. The third-order valence-electron chi connectivity index (χ3n) is 1.82. The number of hydrogen-bond donors (Lipinski definition) is 2. The van der Waals surface area contributed by atoms with Crippen molar-refractivity contribution in [2.75, 3.05) is 6.61 Å². The highest BCUT2D eigenvalue weighted by Crippen LogP contribution is 2.11. The number of esters is 1. The van der Waals surface area contributed by atoms with Crippen LogP contribution in [-0.2, 0) is 9.53 Å². The average molecular weight is 202 g/mol. The van der Waals surface area contributed by atoms with E-state index in [0.29, 0.717) is 12.8 Å². The smallest absolute Gasteiger partial charge is 0.335 e. The van der Waals surface area contributed by atoms with Crippen molar-refractivity contribution >= 4 is 5.97 Å². The molecule has 82 valence electrons. The van der Waals surface area contributed by atoms with Crippen LogP contribution in [0.5, 0.6) is 0 Å². The first kappa shape index (κ1) is 13.1. The lowest BCUT2D eigenvalue weighted by molar-refractivity contribution is -0.165. The van der Waals surface area contributed by atoms with Crippen molar-refractivity contribution in [3.63, 3.8) is 0 Å². The van der Waals surface area contributed by atoms with E-state index in [-0.39, 0.29) is 18.1 Å². The van der Waals surface area contributed by atoms with Crippen molar-refractivity contribution in [2.24, 2.45) is 5.92 Å². The van der Waals surface area contributed by atoms with E-state index >= 15 is 0 Å². The van der Waals surface area contributed by atoms with E-state index in [9.17, 15) is 9.90 Å². The van der Waals surface area contributed by atoms with Crippen molar-refractivity contribution in [3.05, 3.63) is 12.2 Å². The van der Waals surface area contributed by atoms with E-state index in [4.69, 9.17) is 5.11 Å². The SMILES string of the molecule is C=C(C)C(=O)OC(O)CC(C)CCO. The van der Waals surface area contributed by atoms with Crippen molar-refractivity contribution in [3.8, 4) is 0 Å². The maximum Gasteiger partial charge on any atom is 0.335 e. The third kappa shape index (κ3) is 5.72. The fourth-order valence-corrected chi connectivity index (χ4v) is 0.955. The molecule has 4 nitrogen and oxygen atoms in total. The first-order chi connectivity index (χ1) is 6.47. The van der Waals surface area contributed by atoms with E-state index in [1.54, 1.807) is 0 Å². The molecule has 2 unspecified atom stereocenters. The summed E-state index contributed by atoms with van der Waals surface area (Å²) >= 11 is 0. The molecular formula is C10H18O4. The van der Waals surface area contributed by atoms with E-state index in [2.05, 4.69) is 11.3 Å². The lowest BCUT2D eigenvalue weighted by atomic mass is 10.0. The minimum atomic E-state index is -1.11. The first-order valence-electron chi connectivity index (χ1n) is 4.62. The summed E-state index contributed by atoms with van der Waals surface area (Å²) in [6.45, 7) is 6.86. The maximum atomic E-state index is 11.0. The monoisotopic (exact) mass is 202 g/mol. The second-order valence-corrected chi connectivity index (χ2v) is 3.49. The number of aliphatic hydroxyl groups is 2. The molecule has 0 saturated carbocycles. The van der Waals surface area contributed by atoms with Gasteiger partial charge in [0.05, 0.1) is 0 Å². The minimum Gasteiger partial charge on any atom is -0.433 e. The molecule has 0 rings (SSSR count). The molecule has 0 fully saturated rings. The van der Waals surface area contributed by atoms with Crippen LogP contribution in [-0.4, -0.2) is 29.1 Å². The van der Waals surface area contributed by atoms with Crippen molar-refractivity contribution < 1.29 is 19.7 Å². The van der Waals surface area contributed by atoms with Crippen LogP contribution >= 0.6 is 0 Å². The van der Waals surface area contributed by atoms with Crippen LogP contribution < -0.4 is 0 Å². The van der Waals surface area contributed by atoms with Gasteiger partial charge in [0.1, 0.15) is 0 Å². The highest BCUT2D eigenvalue weighted by molar-refractivity contribution is 5.86. The van der Waals surface area contributed by atoms with Crippen LogP contribution in [0.2, 0.25) is 0 Å². The van der Waals surface area contributed by atoms with Crippen molar-refractivity contribution in [2.45, 2.75) is 33.0 Å². The van der Waals surface area contributed by atoms with Gasteiger partial charge >= 0.3 is 5.97 Å². The number of ether oxygens (including phenoxy) is 1. The fraction of sp³-hybridized carbons (Fsp3) is 0.700. The normalized spacial score (nSPS) is 14.6. The zero-order valence-electron chi connectivity index (χ0n) is 8.69. The van der Waals surface area contributed by atoms with Crippen LogP contribution in [0, 0.1) is 5.92 Å². The molecule has 0 heterocycles. The largest absolute Gasteiger partial charge is 0.433 e. The highest BCUT2D eigenvalue weighted by atomic mass is 16.6. The highest BCUT2D eigenvalue weighted by Gasteiger charge is 2.14. The summed E-state index contributed by atoms with van der Waals surface area (Å²) in [6.07, 6.45) is -0.192. The van der Waals surface area contributed by atoms with E-state index < -0.39 is 12.3 Å². The summed E-state index contributed by atoms with van der Waals surface area (Å²) < 4.78 is 4.66. The summed E-state index contributed by atoms with van der Waals surface area (Å²) in [4.78, 5) is 11.0. The molecule has 0 amide bonds. The Bertz CT molecular complexity index is 200. The molecule has 0 aliphatic heterocycles. The molecule has 0 aromatic carbocycles. The van der Waals surface area contributed by atoms with E-state index in [1.807, 2.05) is 6.92 Å². The van der Waals surface area contributed by atoms with Gasteiger partial charge in [-0.05, 0) is 19.3 Å². The molecule has 2 atom stereocenters. The van der Waals surface area contributed by atoms with Gasteiger partial charge in [-0.3, -0.25) is 0 Å². The summed E-state index contributed by atoms with van der Waals surface area (Å²) in [5.41, 5.74) is 0.263. The molecular weight excluding hydrogens is 184 g/mol. The van der Waals surface area contributed by atoms with Gasteiger partial charge in [-0.2, -0.15) is 0 Å². The van der Waals surface area contributed by atoms with Crippen LogP contribution in [0.4, 0.5) is 0 Å². The van der Waals surface area contributed by atoms with Gasteiger partial charge in [0.25, 0.3) is 0 Å². The maximum absolute atomic E-state index is 11.0. The van der Waals surface area contributed by atoms with Crippen molar-refractivity contribution in [1.29, 1.82) is 0 Å². The Labute approximate surface area is 84.2 Å². The summed E-state index contributed by atoms with van der Waals surface area (Å²) in [6, 6.07) is 0. The topological polar surface area (TPSA) is 66.8 Å². The van der Waals surface area contributed by atoms with Gasteiger partial charge in [0, 0.05) is 18.6 Å². The summed E-state index contributed by atoms with van der Waals surface area (Å²) in [7, 11) is 0. The number of hydrogen-bond acceptors (Lipinski definition) is 4. The first-order valence-corrected chi connectivity index (χ1v) is 4.62. The lowest BCUT2D eigenvalue weighted by Crippen LogP contribution is -2.20. The molecule has 0 bridgehead atoms. The fourth-order valence-electron chi connectivity index (χ4n) is 0.955. The Balaban J connectivity index is 3.80. The number of carbonyl (C=O) groups excluding carboxylic acids is 1. The van der Waals surface area contributed by atoms with Crippen LogP contribution in [0.25, 0.3) is 0 Å². The predicted octanol–water partition coefficient (Wildman–Crippen LogP) is 0.833. The molecule has 0 aromatic heterocycles. The molecule has 4 heteroatoms. The molecule has 0 radical (unpaired) electrons. The van der Waals surface area contributed by atoms with Gasteiger partial charge in [0.15, 0.2) is 0 Å². The van der Waals surface area contributed by atoms with Gasteiger partial charge in [-0.25, -0.2) is 4.79 Å². The molecule has 0 saturated heterocycles. The van der Waals surface area contributed by atoms with Crippen molar-refractivity contribution in [1.82, 2.24) is 0 Å². The molecule has 0 aliphatic rings.